The molecule has 1 heterocycles. The Morgan fingerprint density at radius 1 is 1.40 bits per heavy atom. The lowest BCUT2D eigenvalue weighted by molar-refractivity contribution is -0.161. The molecule has 1 rings (SSSR count). The van der Waals surface area contributed by atoms with E-state index in [-0.39, 0.29) is 23.9 Å². The Bertz CT molecular complexity index is 507. The monoisotopic (exact) mass is 490 g/mol. The third kappa shape index (κ3) is 8.05. The number of carbonyl (C=O) groups excluding carboxylic acids is 1. The summed E-state index contributed by atoms with van der Waals surface area (Å²) in [5.74, 6) is -0.406. The lowest BCUT2D eigenvalue weighted by atomic mass is 9.83. The van der Waals surface area contributed by atoms with Gasteiger partial charge in [-0.2, -0.15) is 0 Å². The second-order valence-electron chi connectivity index (χ2n) is 6.83. The average Bonchev–Trinajstić information content (AvgIpc) is 2.51. The van der Waals surface area contributed by atoms with Gasteiger partial charge in [-0.3, -0.25) is 9.32 Å². The number of rotatable bonds is 9. The summed E-state index contributed by atoms with van der Waals surface area (Å²) in [6, 6.07) is 0. The van der Waals surface area contributed by atoms with Gasteiger partial charge in [-0.1, -0.05) is 43.4 Å². The van der Waals surface area contributed by atoms with Gasteiger partial charge in [0, 0.05) is 12.3 Å². The van der Waals surface area contributed by atoms with E-state index in [1.54, 1.807) is 17.1 Å². The van der Waals surface area contributed by atoms with Crippen LogP contribution in [0.4, 0.5) is 0 Å². The van der Waals surface area contributed by atoms with Crippen molar-refractivity contribution in [2.45, 2.75) is 64.8 Å². The molecule has 6 atom stereocenters. The van der Waals surface area contributed by atoms with Gasteiger partial charge in [0.2, 0.25) is 0 Å². The van der Waals surface area contributed by atoms with Crippen molar-refractivity contribution in [2.24, 2.45) is 17.8 Å². The van der Waals surface area contributed by atoms with Crippen molar-refractivity contribution < 1.29 is 33.5 Å². The molecular formula is C16H28IO7P. The molecule has 1 saturated heterocycles. The van der Waals surface area contributed by atoms with Gasteiger partial charge in [-0.25, -0.2) is 4.57 Å². The number of hydrogen-bond donors (Lipinski definition) is 3. The van der Waals surface area contributed by atoms with Crippen LogP contribution in [0, 0.1) is 17.8 Å². The predicted octanol–water partition coefficient (Wildman–Crippen LogP) is 3.17. The summed E-state index contributed by atoms with van der Waals surface area (Å²) < 4.78 is 23.3. The van der Waals surface area contributed by atoms with Crippen LogP contribution < -0.4 is 0 Å². The molecule has 0 saturated carbocycles. The molecule has 0 bridgehead atoms. The van der Waals surface area contributed by atoms with Crippen LogP contribution in [-0.2, 0) is 18.6 Å². The Kier molecular flexibility index (Phi) is 9.56. The zero-order valence-electron chi connectivity index (χ0n) is 14.7. The minimum Gasteiger partial charge on any atom is -0.462 e. The van der Waals surface area contributed by atoms with Crippen molar-refractivity contribution in [3.05, 3.63) is 10.2 Å². The Morgan fingerprint density at radius 3 is 2.60 bits per heavy atom. The second kappa shape index (κ2) is 10.4. The number of carbonyl (C=O) groups is 1. The molecule has 0 aromatic rings. The zero-order chi connectivity index (χ0) is 19.2. The van der Waals surface area contributed by atoms with Crippen molar-refractivity contribution in [2.75, 3.05) is 0 Å². The second-order valence-corrected chi connectivity index (χ2v) is 8.74. The maximum Gasteiger partial charge on any atom is 0.469 e. The molecule has 0 spiro atoms. The van der Waals surface area contributed by atoms with Gasteiger partial charge in [0.25, 0.3) is 0 Å². The number of aliphatic hydroxyl groups excluding tert-OH is 1. The molecule has 7 nitrogen and oxygen atoms in total. The maximum absolute atomic E-state index is 11.5. The van der Waals surface area contributed by atoms with Crippen LogP contribution >= 0.6 is 30.4 Å². The smallest absolute Gasteiger partial charge is 0.462 e. The molecule has 146 valence electrons. The first-order valence-corrected chi connectivity index (χ1v) is 11.2. The van der Waals surface area contributed by atoms with Crippen LogP contribution in [0.2, 0.25) is 0 Å². The third-order valence-corrected chi connectivity index (χ3v) is 5.73. The topological polar surface area (TPSA) is 113 Å². The van der Waals surface area contributed by atoms with Crippen molar-refractivity contribution >= 4 is 36.4 Å². The lowest BCUT2D eigenvalue weighted by Gasteiger charge is -2.34. The quantitative estimate of drug-likeness (QED) is 0.259. The molecule has 0 aromatic carbocycles. The molecule has 3 N–H and O–H groups in total. The van der Waals surface area contributed by atoms with Crippen LogP contribution in [0.15, 0.2) is 10.2 Å². The van der Waals surface area contributed by atoms with E-state index < -0.39 is 25.9 Å². The summed E-state index contributed by atoms with van der Waals surface area (Å²) in [4.78, 5) is 29.8. The maximum atomic E-state index is 11.5. The molecule has 0 aliphatic carbocycles. The highest BCUT2D eigenvalue weighted by molar-refractivity contribution is 14.1. The number of esters is 1. The van der Waals surface area contributed by atoms with E-state index in [2.05, 4.69) is 0 Å². The molecule has 0 radical (unpaired) electrons. The van der Waals surface area contributed by atoms with Crippen LogP contribution in [0.5, 0.6) is 0 Å². The average molecular weight is 490 g/mol. The van der Waals surface area contributed by atoms with Gasteiger partial charge in [0.05, 0.1) is 12.2 Å². The summed E-state index contributed by atoms with van der Waals surface area (Å²) >= 11 is 1.97. The van der Waals surface area contributed by atoms with Crippen LogP contribution in [0.1, 0.15) is 46.5 Å². The van der Waals surface area contributed by atoms with Crippen LogP contribution in [0.25, 0.3) is 0 Å². The molecule has 0 unspecified atom stereocenters. The van der Waals surface area contributed by atoms with E-state index in [9.17, 15) is 14.5 Å². The van der Waals surface area contributed by atoms with Crippen LogP contribution in [-0.4, -0.2) is 39.2 Å². The molecule has 0 amide bonds. The summed E-state index contributed by atoms with van der Waals surface area (Å²) in [5.41, 5.74) is 0. The van der Waals surface area contributed by atoms with Gasteiger partial charge in [-0.05, 0) is 41.3 Å². The minimum atomic E-state index is -4.67. The third-order valence-electron chi connectivity index (χ3n) is 4.77. The van der Waals surface area contributed by atoms with Gasteiger partial charge in [0.15, 0.2) is 0 Å². The molecule has 1 aliphatic heterocycles. The highest BCUT2D eigenvalue weighted by Crippen LogP contribution is 2.41. The fourth-order valence-corrected chi connectivity index (χ4v) is 4.24. The molecule has 0 aromatic heterocycles. The molecule has 25 heavy (non-hydrogen) atoms. The summed E-state index contributed by atoms with van der Waals surface area (Å²) in [6.45, 7) is 5.69. The van der Waals surface area contributed by atoms with Crippen molar-refractivity contribution in [1.82, 2.24) is 0 Å². The molecule has 9 heteroatoms. The number of hydrogen-bond acceptors (Lipinski definition) is 5. The van der Waals surface area contributed by atoms with E-state index in [0.717, 1.165) is 6.42 Å². The molecule has 1 aliphatic rings. The van der Waals surface area contributed by atoms with Crippen molar-refractivity contribution in [1.29, 1.82) is 0 Å². The SMILES string of the molecule is C[C@@H]([C@H](CC[C@H](C)[C@@H]1OC(=O)CC[C@@H]1C)OP(=O)(O)O)[C@@H](O)/C=C\I. The minimum absolute atomic E-state index is 0.0339. The number of cyclic esters (lactones) is 1. The van der Waals surface area contributed by atoms with E-state index in [1.165, 1.54) is 0 Å². The largest absolute Gasteiger partial charge is 0.469 e. The number of phosphoric acid groups is 1. The molecular weight excluding hydrogens is 462 g/mol. The fraction of sp³-hybridized carbons (Fsp3) is 0.812. The Labute approximate surface area is 162 Å². The van der Waals surface area contributed by atoms with E-state index in [1.807, 2.05) is 36.4 Å². The predicted molar refractivity (Wildman–Crippen MR) is 102 cm³/mol. The van der Waals surface area contributed by atoms with Gasteiger partial charge < -0.3 is 19.6 Å². The number of phosphoric ester groups is 1. The Balaban J connectivity index is 2.73. The zero-order valence-corrected chi connectivity index (χ0v) is 17.8. The highest BCUT2D eigenvalue weighted by atomic mass is 127. The van der Waals surface area contributed by atoms with Gasteiger partial charge in [-0.15, -0.1) is 0 Å². The number of halogens is 1. The summed E-state index contributed by atoms with van der Waals surface area (Å²) in [5, 5.41) is 10.1. The Hall–Kier alpha value is 0.01000. The van der Waals surface area contributed by atoms with Gasteiger partial charge in [0.1, 0.15) is 6.10 Å². The standard InChI is InChI=1S/C16H28IO7P/c1-10(16-11(2)5-7-15(19)23-16)4-6-14(24-25(20,21)22)12(3)13(18)8-9-17/h8-14,16,18H,4-7H2,1-3H3,(H2,20,21,22)/b9-8-/t10-,11-,12+,13-,14-,16-/m0/s1. The van der Waals surface area contributed by atoms with E-state index >= 15 is 0 Å². The normalized spacial score (nSPS) is 26.9. The number of ether oxygens (including phenoxy) is 1. The van der Waals surface area contributed by atoms with Crippen molar-refractivity contribution in [3.8, 4) is 0 Å². The first-order chi connectivity index (χ1) is 11.5. The van der Waals surface area contributed by atoms with Crippen LogP contribution in [0.3, 0.4) is 0 Å². The van der Waals surface area contributed by atoms with E-state index in [0.29, 0.717) is 19.3 Å². The first kappa shape index (κ1) is 23.0. The summed E-state index contributed by atoms with van der Waals surface area (Å²) in [6.07, 6.45) is 1.81. The fourth-order valence-electron chi connectivity index (χ4n) is 3.16. The number of aliphatic hydroxyl groups is 1. The summed E-state index contributed by atoms with van der Waals surface area (Å²) in [7, 11) is -4.67. The highest BCUT2D eigenvalue weighted by Gasteiger charge is 2.34. The lowest BCUT2D eigenvalue weighted by Crippen LogP contribution is -2.37. The van der Waals surface area contributed by atoms with Crippen molar-refractivity contribution in [3.63, 3.8) is 0 Å². The first-order valence-electron chi connectivity index (χ1n) is 8.43. The van der Waals surface area contributed by atoms with Gasteiger partial charge >= 0.3 is 13.8 Å². The van der Waals surface area contributed by atoms with E-state index in [4.69, 9.17) is 19.0 Å². The molecule has 1 fully saturated rings. The Morgan fingerprint density at radius 2 is 2.04 bits per heavy atom.